The summed E-state index contributed by atoms with van der Waals surface area (Å²) in [6.07, 6.45) is 6.64. The lowest BCUT2D eigenvalue weighted by Crippen LogP contribution is -2.57. The number of nitrogens with one attached hydrogen (secondary N) is 1. The van der Waals surface area contributed by atoms with Gasteiger partial charge >= 0.3 is 0 Å². The van der Waals surface area contributed by atoms with Crippen LogP contribution in [0.4, 0.5) is 15.8 Å². The van der Waals surface area contributed by atoms with E-state index in [1.165, 1.54) is 18.2 Å². The number of rotatable bonds is 13. The Morgan fingerprint density at radius 3 is 2.57 bits per heavy atom. The largest absolute Gasteiger partial charge is 0.382 e. The molecule has 224 valence electrons. The van der Waals surface area contributed by atoms with E-state index >= 15 is 4.39 Å². The van der Waals surface area contributed by atoms with Crippen molar-refractivity contribution in [2.75, 3.05) is 36.9 Å². The average Bonchev–Trinajstić information content (AvgIpc) is 3.73. The van der Waals surface area contributed by atoms with E-state index in [4.69, 9.17) is 34.8 Å². The molecule has 0 aromatic heterocycles. The normalized spacial score (nSPS) is 20.5. The van der Waals surface area contributed by atoms with Gasteiger partial charge in [-0.05, 0) is 87.2 Å². The zero-order chi connectivity index (χ0) is 30.6. The van der Waals surface area contributed by atoms with Gasteiger partial charge < -0.3 is 21.8 Å². The summed E-state index contributed by atoms with van der Waals surface area (Å²) >= 11 is 12.3. The molecule has 0 bridgehead atoms. The quantitative estimate of drug-likeness (QED) is 0.0804. The van der Waals surface area contributed by atoms with E-state index in [1.807, 2.05) is 56.1 Å². The molecule has 1 amide bonds. The first kappa shape index (κ1) is 31.6. The summed E-state index contributed by atoms with van der Waals surface area (Å²) < 4.78 is 16.7. The van der Waals surface area contributed by atoms with E-state index in [0.717, 1.165) is 24.1 Å². The number of likely N-dealkylation sites (N-methyl/N-ethyl adjacent to an activating group) is 1. The average molecular weight is 614 g/mol. The first-order valence-corrected chi connectivity index (χ1v) is 14.9. The van der Waals surface area contributed by atoms with Crippen molar-refractivity contribution in [1.29, 1.82) is 0 Å². The zero-order valence-corrected chi connectivity index (χ0v) is 25.8. The third-order valence-corrected chi connectivity index (χ3v) is 8.58. The molecular weight excluding hydrogens is 574 g/mol. The van der Waals surface area contributed by atoms with Gasteiger partial charge in [0, 0.05) is 58.1 Å². The van der Waals surface area contributed by atoms with Crippen LogP contribution >= 0.6 is 23.2 Å². The van der Waals surface area contributed by atoms with Crippen molar-refractivity contribution in [1.82, 2.24) is 4.90 Å². The lowest BCUT2D eigenvalue weighted by molar-refractivity contribution is -0.132. The smallest absolute Gasteiger partial charge is 0.250 e. The van der Waals surface area contributed by atoms with Crippen LogP contribution in [-0.4, -0.2) is 43.3 Å². The highest BCUT2D eigenvalue weighted by atomic mass is 35.5. The Labute approximate surface area is 257 Å². The van der Waals surface area contributed by atoms with Gasteiger partial charge in [0.05, 0.1) is 0 Å². The summed E-state index contributed by atoms with van der Waals surface area (Å²) in [5, 5.41) is 7.38. The minimum Gasteiger partial charge on any atom is -0.382 e. The molecule has 0 radical (unpaired) electrons. The summed E-state index contributed by atoms with van der Waals surface area (Å²) in [6.45, 7) is 9.51. The number of carbonyl (C=O) groups is 1. The monoisotopic (exact) mass is 612 g/mol. The number of hydrazone groups is 1. The van der Waals surface area contributed by atoms with Gasteiger partial charge in [-0.1, -0.05) is 48.8 Å². The third-order valence-electron chi connectivity index (χ3n) is 8.22. The second-order valence-electron chi connectivity index (χ2n) is 11.1. The molecule has 2 aromatic carbocycles. The van der Waals surface area contributed by atoms with Crippen molar-refractivity contribution in [2.24, 2.45) is 34.4 Å². The number of amidine groups is 1. The second kappa shape index (κ2) is 13.3. The molecule has 3 atom stereocenters. The van der Waals surface area contributed by atoms with Crippen LogP contribution in [0.25, 0.3) is 0 Å². The molecule has 42 heavy (non-hydrogen) atoms. The van der Waals surface area contributed by atoms with E-state index < -0.39 is 17.3 Å². The van der Waals surface area contributed by atoms with Crippen LogP contribution in [0, 0.1) is 17.8 Å². The van der Waals surface area contributed by atoms with Gasteiger partial charge in [0.25, 0.3) is 0 Å². The maximum Gasteiger partial charge on any atom is 0.250 e. The second-order valence-corrected chi connectivity index (χ2v) is 12.1. The number of nitrogens with two attached hydrogens (primary N) is 2. The number of carbonyl (C=O) groups excluding carboxylic acids is 1. The summed E-state index contributed by atoms with van der Waals surface area (Å²) in [6, 6.07) is 12.9. The fourth-order valence-corrected chi connectivity index (χ4v) is 6.31. The number of fused-ring (bicyclic) bond motifs is 1. The third kappa shape index (κ3) is 6.51. The SMILES string of the molecule is C=C(Cl)/C=C\C=C(/F)C([C@@H](C)CN(CC)c1ccc(/C(N)=N/N)cc1)[C@@]1(N(C)CC2CC2)C(=O)Nc2cc(Cl)ccc21. The molecule has 1 heterocycles. The molecule has 2 aliphatic rings. The molecule has 2 aromatic rings. The van der Waals surface area contributed by atoms with Crippen LogP contribution in [0.2, 0.25) is 5.02 Å². The van der Waals surface area contributed by atoms with Crippen LogP contribution in [0.15, 0.2) is 83.2 Å². The Kier molecular flexibility index (Phi) is 10.0. The first-order chi connectivity index (χ1) is 20.0. The number of allylic oxidation sites excluding steroid dienone is 4. The van der Waals surface area contributed by atoms with Crippen molar-refractivity contribution >= 4 is 46.3 Å². The van der Waals surface area contributed by atoms with Crippen molar-refractivity contribution in [2.45, 2.75) is 32.2 Å². The van der Waals surface area contributed by atoms with Gasteiger partial charge in [0.15, 0.2) is 0 Å². The Balaban J connectivity index is 1.81. The van der Waals surface area contributed by atoms with Crippen LogP contribution in [0.5, 0.6) is 0 Å². The minimum atomic E-state index is -1.30. The molecule has 0 saturated heterocycles. The van der Waals surface area contributed by atoms with Crippen molar-refractivity contribution < 1.29 is 9.18 Å². The highest BCUT2D eigenvalue weighted by molar-refractivity contribution is 6.31. The van der Waals surface area contributed by atoms with Crippen LogP contribution in [0.1, 0.15) is 37.8 Å². The van der Waals surface area contributed by atoms with Crippen molar-refractivity contribution in [3.63, 3.8) is 0 Å². The molecule has 10 heteroatoms. The molecule has 4 rings (SSSR count). The predicted octanol–water partition coefficient (Wildman–Crippen LogP) is 6.35. The molecule has 7 nitrogen and oxygen atoms in total. The Morgan fingerprint density at radius 1 is 1.29 bits per heavy atom. The zero-order valence-electron chi connectivity index (χ0n) is 24.3. The van der Waals surface area contributed by atoms with Crippen LogP contribution < -0.4 is 21.8 Å². The summed E-state index contributed by atoms with van der Waals surface area (Å²) in [5.41, 5.74) is 7.54. The van der Waals surface area contributed by atoms with Gasteiger partial charge in [0.1, 0.15) is 17.2 Å². The van der Waals surface area contributed by atoms with Crippen LogP contribution in [-0.2, 0) is 10.3 Å². The fourth-order valence-electron chi connectivity index (χ4n) is 6.07. The molecule has 1 unspecified atom stereocenters. The van der Waals surface area contributed by atoms with Crippen molar-refractivity contribution in [3.8, 4) is 0 Å². The lowest BCUT2D eigenvalue weighted by atomic mass is 9.70. The number of benzene rings is 2. The maximum atomic E-state index is 16.7. The highest BCUT2D eigenvalue weighted by Crippen LogP contribution is 2.52. The van der Waals surface area contributed by atoms with E-state index in [-0.39, 0.29) is 22.7 Å². The van der Waals surface area contributed by atoms with E-state index in [9.17, 15) is 4.79 Å². The number of amides is 1. The number of hydrogen-bond donors (Lipinski definition) is 3. The van der Waals surface area contributed by atoms with E-state index in [1.54, 1.807) is 12.1 Å². The van der Waals surface area contributed by atoms with Gasteiger partial charge in [-0.3, -0.25) is 9.69 Å². The topological polar surface area (TPSA) is 100.0 Å². The standard InChI is InChI=1S/C32H39Cl2FN6O/c1-5-41(25-14-11-23(12-15-25)30(36)39-37)18-20(2)29(27(35)8-6-7-21(3)33)32(40(4)19-22-9-10-22)26-16-13-24(34)17-28(26)38-31(32)42/h6-8,11-17,20,22,29H,3,5,9-10,18-19,37H2,1-2,4H3,(H2,36,39)(H,38,42)/b7-6-,27-8-/t20-,29?,32+/m0/s1. The number of nitrogens with zero attached hydrogens (tertiary/aromatic N) is 3. The lowest BCUT2D eigenvalue weighted by Gasteiger charge is -2.46. The molecule has 1 aliphatic heterocycles. The Hall–Kier alpha value is -3.33. The highest BCUT2D eigenvalue weighted by Gasteiger charge is 2.58. The predicted molar refractivity (Wildman–Crippen MR) is 172 cm³/mol. The molecule has 0 spiro atoms. The van der Waals surface area contributed by atoms with Gasteiger partial charge in [-0.2, -0.15) is 5.10 Å². The summed E-state index contributed by atoms with van der Waals surface area (Å²) in [7, 11) is 1.92. The van der Waals surface area contributed by atoms with Gasteiger partial charge in [0.2, 0.25) is 5.91 Å². The first-order valence-electron chi connectivity index (χ1n) is 14.1. The van der Waals surface area contributed by atoms with E-state index in [2.05, 4.69) is 21.9 Å². The number of hydrogen-bond acceptors (Lipinski definition) is 5. The van der Waals surface area contributed by atoms with E-state index in [0.29, 0.717) is 41.8 Å². The molecule has 5 N–H and O–H groups in total. The van der Waals surface area contributed by atoms with Crippen LogP contribution in [0.3, 0.4) is 0 Å². The molecule has 1 saturated carbocycles. The summed E-state index contributed by atoms with van der Waals surface area (Å²) in [4.78, 5) is 18.4. The van der Waals surface area contributed by atoms with Gasteiger partial charge in [-0.15, -0.1) is 0 Å². The number of anilines is 2. The van der Waals surface area contributed by atoms with Gasteiger partial charge in [-0.25, -0.2) is 4.39 Å². The summed E-state index contributed by atoms with van der Waals surface area (Å²) in [5.74, 6) is 4.20. The fraction of sp³-hybridized carbons (Fsp3) is 0.375. The Bertz CT molecular complexity index is 1400. The molecular formula is C32H39Cl2FN6O. The minimum absolute atomic E-state index is 0.240. The maximum absolute atomic E-state index is 16.7. The molecule has 1 fully saturated rings. The Morgan fingerprint density at radius 2 is 1.98 bits per heavy atom. The number of halogens is 3. The van der Waals surface area contributed by atoms with Crippen molar-refractivity contribution in [3.05, 3.63) is 94.3 Å². The molecule has 1 aliphatic carbocycles.